The van der Waals surface area contributed by atoms with Gasteiger partial charge in [-0.15, -0.1) is 0 Å². The summed E-state index contributed by atoms with van der Waals surface area (Å²) in [5.41, 5.74) is 1.25. The number of amides is 1. The van der Waals surface area contributed by atoms with Crippen LogP contribution in [0.15, 0.2) is 24.3 Å². The van der Waals surface area contributed by atoms with Crippen LogP contribution in [0, 0.1) is 5.92 Å². The van der Waals surface area contributed by atoms with E-state index in [0.717, 1.165) is 18.6 Å². The number of rotatable bonds is 7. The van der Waals surface area contributed by atoms with Gasteiger partial charge in [-0.2, -0.15) is 0 Å². The van der Waals surface area contributed by atoms with Gasteiger partial charge in [0.05, 0.1) is 0 Å². The van der Waals surface area contributed by atoms with E-state index in [1.54, 1.807) is 0 Å². The van der Waals surface area contributed by atoms with Gasteiger partial charge in [-0.25, -0.2) is 0 Å². The molecule has 0 heterocycles. The van der Waals surface area contributed by atoms with Gasteiger partial charge in [0.2, 0.25) is 0 Å². The molecular weight excluding hydrogens is 274 g/mol. The number of benzene rings is 1. The summed E-state index contributed by atoms with van der Waals surface area (Å²) in [7, 11) is 0. The highest BCUT2D eigenvalue weighted by Crippen LogP contribution is 2.39. The van der Waals surface area contributed by atoms with E-state index in [9.17, 15) is 4.79 Å². The standard InChI is InChI=1S/C19H27NO2/c1-13(2)16-5-4-6-18(11-16)22-12-19(21)20(17-9-10-17)14(3)15-7-8-15/h4-6,11,13-15,17H,7-10,12H2,1-3H3. The molecule has 1 aromatic rings. The van der Waals surface area contributed by atoms with Crippen molar-refractivity contribution in [2.24, 2.45) is 5.92 Å². The van der Waals surface area contributed by atoms with Crippen LogP contribution < -0.4 is 4.74 Å². The third-order valence-corrected chi connectivity index (χ3v) is 4.86. The molecular formula is C19H27NO2. The van der Waals surface area contributed by atoms with E-state index >= 15 is 0 Å². The van der Waals surface area contributed by atoms with Crippen LogP contribution in [0.25, 0.3) is 0 Å². The first kappa shape index (κ1) is 15.4. The van der Waals surface area contributed by atoms with Crippen molar-refractivity contribution in [1.29, 1.82) is 0 Å². The minimum Gasteiger partial charge on any atom is -0.484 e. The summed E-state index contributed by atoms with van der Waals surface area (Å²) in [6.07, 6.45) is 4.86. The molecule has 3 rings (SSSR count). The molecule has 22 heavy (non-hydrogen) atoms. The maximum Gasteiger partial charge on any atom is 0.261 e. The Morgan fingerprint density at radius 2 is 1.95 bits per heavy atom. The largest absolute Gasteiger partial charge is 0.484 e. The van der Waals surface area contributed by atoms with Crippen molar-refractivity contribution >= 4 is 5.91 Å². The maximum atomic E-state index is 12.6. The van der Waals surface area contributed by atoms with Crippen molar-refractivity contribution in [3.8, 4) is 5.75 Å². The average Bonchev–Trinajstić information content (AvgIpc) is 3.38. The fourth-order valence-corrected chi connectivity index (χ4v) is 3.10. The molecule has 0 radical (unpaired) electrons. The predicted molar refractivity (Wildman–Crippen MR) is 88.1 cm³/mol. The molecule has 0 bridgehead atoms. The molecule has 0 aliphatic heterocycles. The first-order valence-electron chi connectivity index (χ1n) is 8.60. The third-order valence-electron chi connectivity index (χ3n) is 4.86. The minimum atomic E-state index is 0.150. The van der Waals surface area contributed by atoms with Crippen molar-refractivity contribution in [1.82, 2.24) is 4.90 Å². The lowest BCUT2D eigenvalue weighted by atomic mass is 10.0. The van der Waals surface area contributed by atoms with Crippen LogP contribution in [0.2, 0.25) is 0 Å². The van der Waals surface area contributed by atoms with Crippen LogP contribution in [0.3, 0.4) is 0 Å². The van der Waals surface area contributed by atoms with Crippen LogP contribution in [0.4, 0.5) is 0 Å². The molecule has 1 atom stereocenters. The van der Waals surface area contributed by atoms with Gasteiger partial charge in [-0.3, -0.25) is 4.79 Å². The van der Waals surface area contributed by atoms with E-state index in [1.807, 2.05) is 18.2 Å². The molecule has 2 aliphatic carbocycles. The van der Waals surface area contributed by atoms with Crippen molar-refractivity contribution in [3.63, 3.8) is 0 Å². The molecule has 2 saturated carbocycles. The highest BCUT2D eigenvalue weighted by molar-refractivity contribution is 5.79. The van der Waals surface area contributed by atoms with E-state index in [2.05, 4.69) is 31.7 Å². The number of hydrogen-bond donors (Lipinski definition) is 0. The minimum absolute atomic E-state index is 0.150. The Balaban J connectivity index is 1.59. The summed E-state index contributed by atoms with van der Waals surface area (Å²) in [5.74, 6) is 2.14. The molecule has 120 valence electrons. The second-order valence-electron chi connectivity index (χ2n) is 7.13. The third kappa shape index (κ3) is 3.63. The lowest BCUT2D eigenvalue weighted by Crippen LogP contribution is -2.44. The quantitative estimate of drug-likeness (QED) is 0.762. The zero-order chi connectivity index (χ0) is 15.7. The lowest BCUT2D eigenvalue weighted by molar-refractivity contribution is -0.136. The fourth-order valence-electron chi connectivity index (χ4n) is 3.10. The Hall–Kier alpha value is -1.51. The molecule has 0 saturated heterocycles. The van der Waals surface area contributed by atoms with Crippen molar-refractivity contribution in [2.45, 2.75) is 64.5 Å². The topological polar surface area (TPSA) is 29.5 Å². The smallest absolute Gasteiger partial charge is 0.261 e. The average molecular weight is 301 g/mol. The van der Waals surface area contributed by atoms with Crippen LogP contribution >= 0.6 is 0 Å². The Kier molecular flexibility index (Phi) is 4.42. The predicted octanol–water partition coefficient (Wildman–Crippen LogP) is 3.98. The van der Waals surface area contributed by atoms with Gasteiger partial charge in [0.15, 0.2) is 6.61 Å². The second-order valence-corrected chi connectivity index (χ2v) is 7.13. The molecule has 1 unspecified atom stereocenters. The van der Waals surface area contributed by atoms with Gasteiger partial charge in [0.25, 0.3) is 5.91 Å². The lowest BCUT2D eigenvalue weighted by Gasteiger charge is -2.29. The summed E-state index contributed by atoms with van der Waals surface area (Å²) >= 11 is 0. The maximum absolute atomic E-state index is 12.6. The summed E-state index contributed by atoms with van der Waals surface area (Å²) in [4.78, 5) is 14.7. The van der Waals surface area contributed by atoms with Gasteiger partial charge in [-0.05, 0) is 62.1 Å². The summed E-state index contributed by atoms with van der Waals surface area (Å²) in [5, 5.41) is 0. The number of carbonyl (C=O) groups excluding carboxylic acids is 1. The zero-order valence-electron chi connectivity index (χ0n) is 13.9. The van der Waals surface area contributed by atoms with Gasteiger partial charge in [-0.1, -0.05) is 26.0 Å². The Bertz CT molecular complexity index is 532. The molecule has 0 aromatic heterocycles. The number of ether oxygens (including phenoxy) is 1. The van der Waals surface area contributed by atoms with E-state index < -0.39 is 0 Å². The van der Waals surface area contributed by atoms with Crippen LogP contribution in [0.1, 0.15) is 57.9 Å². The Morgan fingerprint density at radius 1 is 1.23 bits per heavy atom. The van der Waals surface area contributed by atoms with Crippen molar-refractivity contribution in [3.05, 3.63) is 29.8 Å². The molecule has 1 aromatic carbocycles. The van der Waals surface area contributed by atoms with E-state index in [1.165, 1.54) is 18.4 Å². The monoisotopic (exact) mass is 301 g/mol. The van der Waals surface area contributed by atoms with Crippen molar-refractivity contribution < 1.29 is 9.53 Å². The van der Waals surface area contributed by atoms with Crippen LogP contribution in [-0.4, -0.2) is 29.5 Å². The van der Waals surface area contributed by atoms with Gasteiger partial charge in [0, 0.05) is 12.1 Å². The molecule has 3 heteroatoms. The highest BCUT2D eigenvalue weighted by atomic mass is 16.5. The van der Waals surface area contributed by atoms with E-state index in [-0.39, 0.29) is 12.5 Å². The Labute approximate surface area is 133 Å². The zero-order valence-corrected chi connectivity index (χ0v) is 13.9. The first-order chi connectivity index (χ1) is 10.6. The molecule has 0 spiro atoms. The fraction of sp³-hybridized carbons (Fsp3) is 0.632. The normalized spacial score (nSPS) is 19.1. The van der Waals surface area contributed by atoms with Crippen molar-refractivity contribution in [2.75, 3.05) is 6.61 Å². The SMILES string of the molecule is CC(C)c1cccc(OCC(=O)N(C2CC2)C(C)C2CC2)c1. The van der Waals surface area contributed by atoms with Gasteiger partial charge in [0.1, 0.15) is 5.75 Å². The Morgan fingerprint density at radius 3 is 2.55 bits per heavy atom. The van der Waals surface area contributed by atoms with Crippen LogP contribution in [-0.2, 0) is 4.79 Å². The number of nitrogens with zero attached hydrogens (tertiary/aromatic N) is 1. The first-order valence-corrected chi connectivity index (χ1v) is 8.60. The molecule has 2 aliphatic rings. The molecule has 2 fully saturated rings. The van der Waals surface area contributed by atoms with E-state index in [4.69, 9.17) is 4.74 Å². The summed E-state index contributed by atoms with van der Waals surface area (Å²) in [6, 6.07) is 8.93. The second kappa shape index (κ2) is 6.31. The number of carbonyl (C=O) groups is 1. The van der Waals surface area contributed by atoms with Crippen LogP contribution in [0.5, 0.6) is 5.75 Å². The molecule has 1 amide bonds. The highest BCUT2D eigenvalue weighted by Gasteiger charge is 2.41. The summed E-state index contributed by atoms with van der Waals surface area (Å²) in [6.45, 7) is 6.69. The molecule has 3 nitrogen and oxygen atoms in total. The van der Waals surface area contributed by atoms with E-state index in [0.29, 0.717) is 23.9 Å². The van der Waals surface area contributed by atoms with Gasteiger partial charge >= 0.3 is 0 Å². The number of hydrogen-bond acceptors (Lipinski definition) is 2. The van der Waals surface area contributed by atoms with Gasteiger partial charge < -0.3 is 9.64 Å². The summed E-state index contributed by atoms with van der Waals surface area (Å²) < 4.78 is 5.78. The molecule has 0 N–H and O–H groups in total.